The van der Waals surface area contributed by atoms with E-state index in [1.807, 2.05) is 72.5 Å². The van der Waals surface area contributed by atoms with E-state index in [9.17, 15) is 9.90 Å². The van der Waals surface area contributed by atoms with E-state index in [0.717, 1.165) is 34.4 Å². The number of fused-ring (bicyclic) bond motifs is 1. The van der Waals surface area contributed by atoms with Crippen molar-refractivity contribution < 1.29 is 14.3 Å². The first-order valence-corrected chi connectivity index (χ1v) is 10.5. The first kappa shape index (κ1) is 20.4. The molecule has 30 heavy (non-hydrogen) atoms. The molecule has 1 aliphatic carbocycles. The number of benzene rings is 2. The van der Waals surface area contributed by atoms with Crippen LogP contribution in [0, 0.1) is 12.3 Å². The highest BCUT2D eigenvalue weighted by Gasteiger charge is 2.37. The summed E-state index contributed by atoms with van der Waals surface area (Å²) in [4.78, 5) is 15.4. The van der Waals surface area contributed by atoms with Gasteiger partial charge in [0.15, 0.2) is 5.76 Å². The quantitative estimate of drug-likeness (QED) is 0.617. The second-order valence-corrected chi connectivity index (χ2v) is 9.09. The molecule has 1 heterocycles. The number of carbonyl (C=O) groups excluding carboxylic acids is 1. The van der Waals surface area contributed by atoms with Crippen molar-refractivity contribution in [3.05, 3.63) is 94.4 Å². The Morgan fingerprint density at radius 1 is 1.03 bits per heavy atom. The summed E-state index contributed by atoms with van der Waals surface area (Å²) in [5, 5.41) is 10.7. The molecule has 0 fully saturated rings. The van der Waals surface area contributed by atoms with Gasteiger partial charge in [-0.15, -0.1) is 0 Å². The molecule has 156 valence electrons. The molecule has 0 bridgehead atoms. The highest BCUT2D eigenvalue weighted by Crippen LogP contribution is 2.44. The topological polar surface area (TPSA) is 53.7 Å². The monoisotopic (exact) mass is 403 g/mol. The summed E-state index contributed by atoms with van der Waals surface area (Å²) in [6, 6.07) is 20.0. The summed E-state index contributed by atoms with van der Waals surface area (Å²) in [5.41, 5.74) is 3.65. The second kappa shape index (κ2) is 8.11. The highest BCUT2D eigenvalue weighted by molar-refractivity contribution is 5.93. The number of aliphatic hydroxyl groups is 1. The molecule has 1 aromatic heterocycles. The fourth-order valence-electron chi connectivity index (χ4n) is 4.44. The predicted molar refractivity (Wildman–Crippen MR) is 117 cm³/mol. The molecule has 0 saturated heterocycles. The number of rotatable bonds is 5. The Bertz CT molecular complexity index is 980. The van der Waals surface area contributed by atoms with Crippen LogP contribution in [0.1, 0.15) is 64.9 Å². The number of hydrogen-bond acceptors (Lipinski definition) is 3. The molecule has 2 aromatic carbocycles. The zero-order valence-corrected chi connectivity index (χ0v) is 17.9. The Morgan fingerprint density at radius 3 is 2.10 bits per heavy atom. The number of amides is 1. The van der Waals surface area contributed by atoms with Gasteiger partial charge in [-0.3, -0.25) is 4.79 Å². The van der Waals surface area contributed by atoms with Gasteiger partial charge in [0.05, 0.1) is 6.10 Å². The van der Waals surface area contributed by atoms with Crippen molar-refractivity contribution in [1.82, 2.24) is 4.90 Å². The summed E-state index contributed by atoms with van der Waals surface area (Å²) in [6.45, 7) is 7.12. The van der Waals surface area contributed by atoms with E-state index in [4.69, 9.17) is 4.42 Å². The van der Waals surface area contributed by atoms with Gasteiger partial charge in [0.25, 0.3) is 5.91 Å². The maximum atomic E-state index is 13.6. The van der Waals surface area contributed by atoms with Crippen LogP contribution in [-0.4, -0.2) is 15.9 Å². The second-order valence-electron chi connectivity index (χ2n) is 9.09. The van der Waals surface area contributed by atoms with E-state index in [0.29, 0.717) is 25.3 Å². The molecular weight excluding hydrogens is 374 g/mol. The molecule has 0 spiro atoms. The highest BCUT2D eigenvalue weighted by atomic mass is 16.4. The largest absolute Gasteiger partial charge is 0.455 e. The average Bonchev–Trinajstić information content (AvgIpc) is 3.03. The van der Waals surface area contributed by atoms with Crippen LogP contribution in [0.15, 0.2) is 65.1 Å². The average molecular weight is 404 g/mol. The smallest absolute Gasteiger partial charge is 0.290 e. The van der Waals surface area contributed by atoms with Gasteiger partial charge in [0, 0.05) is 30.6 Å². The molecule has 4 nitrogen and oxygen atoms in total. The number of hydrogen-bond donors (Lipinski definition) is 1. The van der Waals surface area contributed by atoms with Gasteiger partial charge < -0.3 is 14.4 Å². The lowest BCUT2D eigenvalue weighted by Gasteiger charge is -2.31. The molecule has 4 rings (SSSR count). The first-order valence-electron chi connectivity index (χ1n) is 10.5. The van der Waals surface area contributed by atoms with Gasteiger partial charge in [0.1, 0.15) is 5.76 Å². The lowest BCUT2D eigenvalue weighted by atomic mass is 9.75. The zero-order chi connectivity index (χ0) is 21.3. The minimum atomic E-state index is -0.592. The van der Waals surface area contributed by atoms with Gasteiger partial charge in [0.2, 0.25) is 0 Å². The lowest BCUT2D eigenvalue weighted by molar-refractivity contribution is 0.0687. The van der Waals surface area contributed by atoms with E-state index >= 15 is 0 Å². The molecule has 0 radical (unpaired) electrons. The van der Waals surface area contributed by atoms with E-state index < -0.39 is 6.10 Å². The summed E-state index contributed by atoms with van der Waals surface area (Å²) in [7, 11) is 0. The molecule has 0 aliphatic heterocycles. The van der Waals surface area contributed by atoms with E-state index in [1.54, 1.807) is 0 Å². The van der Waals surface area contributed by atoms with Crippen molar-refractivity contribution >= 4 is 5.91 Å². The van der Waals surface area contributed by atoms with Crippen LogP contribution in [0.5, 0.6) is 0 Å². The third kappa shape index (κ3) is 4.19. The summed E-state index contributed by atoms with van der Waals surface area (Å²) in [5.74, 6) is 0.960. The zero-order valence-electron chi connectivity index (χ0n) is 17.9. The van der Waals surface area contributed by atoms with Gasteiger partial charge in [-0.05, 0) is 29.9 Å². The van der Waals surface area contributed by atoms with Crippen LogP contribution in [-0.2, 0) is 19.5 Å². The molecule has 3 aromatic rings. The summed E-state index contributed by atoms with van der Waals surface area (Å²) < 4.78 is 6.11. The van der Waals surface area contributed by atoms with Crippen molar-refractivity contribution in [1.29, 1.82) is 0 Å². The van der Waals surface area contributed by atoms with Crippen LogP contribution in [0.3, 0.4) is 0 Å². The van der Waals surface area contributed by atoms with Crippen LogP contribution in [0.4, 0.5) is 0 Å². The van der Waals surface area contributed by atoms with Crippen molar-refractivity contribution in [3.63, 3.8) is 0 Å². The lowest BCUT2D eigenvalue weighted by Crippen LogP contribution is -2.30. The molecule has 0 saturated carbocycles. The Morgan fingerprint density at radius 2 is 1.57 bits per heavy atom. The Hall–Kier alpha value is -2.85. The number of nitrogens with zero attached hydrogens (tertiary/aromatic N) is 1. The predicted octanol–water partition coefficient (Wildman–Crippen LogP) is 5.44. The molecule has 1 aliphatic rings. The molecule has 1 N–H and O–H groups in total. The molecule has 4 heteroatoms. The van der Waals surface area contributed by atoms with Gasteiger partial charge in [-0.25, -0.2) is 0 Å². The fourth-order valence-corrected chi connectivity index (χ4v) is 4.44. The third-order valence-corrected chi connectivity index (χ3v) is 5.90. The standard InChI is InChI=1S/C26H29NO3/c1-18-23-21(28)14-26(2,3)15-22(23)30-24(18)25(29)27(16-19-10-6-4-7-11-19)17-20-12-8-5-9-13-20/h4-13,21,28H,14-17H2,1-3H3/t21-/m1/s1. The summed E-state index contributed by atoms with van der Waals surface area (Å²) >= 11 is 0. The minimum absolute atomic E-state index is 0.0508. The maximum absolute atomic E-state index is 13.6. The van der Waals surface area contributed by atoms with Crippen LogP contribution in [0.25, 0.3) is 0 Å². The maximum Gasteiger partial charge on any atom is 0.290 e. The Kier molecular flexibility index (Phi) is 5.52. The van der Waals surface area contributed by atoms with Crippen LogP contribution >= 0.6 is 0 Å². The molecule has 1 atom stereocenters. The molecule has 0 unspecified atom stereocenters. The fraction of sp³-hybridized carbons (Fsp3) is 0.346. The van der Waals surface area contributed by atoms with Crippen molar-refractivity contribution in [2.45, 2.75) is 52.8 Å². The van der Waals surface area contributed by atoms with Gasteiger partial charge >= 0.3 is 0 Å². The van der Waals surface area contributed by atoms with Crippen LogP contribution in [0.2, 0.25) is 0 Å². The number of aliphatic hydroxyl groups excluding tert-OH is 1. The molecule has 1 amide bonds. The van der Waals surface area contributed by atoms with Crippen molar-refractivity contribution in [2.24, 2.45) is 5.41 Å². The summed E-state index contributed by atoms with van der Waals surface area (Å²) in [6.07, 6.45) is 0.808. The van der Waals surface area contributed by atoms with Crippen molar-refractivity contribution in [3.8, 4) is 0 Å². The van der Waals surface area contributed by atoms with Crippen LogP contribution < -0.4 is 0 Å². The normalized spacial score (nSPS) is 17.4. The number of furan rings is 1. The van der Waals surface area contributed by atoms with E-state index in [1.165, 1.54) is 0 Å². The third-order valence-electron chi connectivity index (χ3n) is 5.90. The SMILES string of the molecule is Cc1c(C(=O)N(Cc2ccccc2)Cc2ccccc2)oc2c1[C@H](O)CC(C)(C)C2. The number of carbonyl (C=O) groups is 1. The Labute approximate surface area is 178 Å². The molecular formula is C26H29NO3. The van der Waals surface area contributed by atoms with E-state index in [-0.39, 0.29) is 11.3 Å². The Balaban J connectivity index is 1.68. The van der Waals surface area contributed by atoms with Gasteiger partial charge in [-0.1, -0.05) is 74.5 Å². The first-order chi connectivity index (χ1) is 14.3. The minimum Gasteiger partial charge on any atom is -0.455 e. The van der Waals surface area contributed by atoms with Gasteiger partial charge in [-0.2, -0.15) is 0 Å². The van der Waals surface area contributed by atoms with Crippen molar-refractivity contribution in [2.75, 3.05) is 0 Å². The van der Waals surface area contributed by atoms with E-state index in [2.05, 4.69) is 13.8 Å².